The summed E-state index contributed by atoms with van der Waals surface area (Å²) in [5.41, 5.74) is 1.11. The highest BCUT2D eigenvalue weighted by Gasteiger charge is 1.99. The molecule has 0 bridgehead atoms. The lowest BCUT2D eigenvalue weighted by Gasteiger charge is -2.04. The van der Waals surface area contributed by atoms with Crippen LogP contribution in [0.3, 0.4) is 0 Å². The van der Waals surface area contributed by atoms with E-state index in [0.717, 1.165) is 28.8 Å². The number of benzene rings is 1. The Balaban J connectivity index is 2.71. The Bertz CT molecular complexity index is 336. The highest BCUT2D eigenvalue weighted by atomic mass is 79.9. The van der Waals surface area contributed by atoms with Crippen molar-refractivity contribution in [2.75, 3.05) is 20.7 Å². The van der Waals surface area contributed by atoms with Crippen molar-refractivity contribution in [1.29, 1.82) is 0 Å². The van der Waals surface area contributed by atoms with Crippen LogP contribution in [-0.2, 0) is 0 Å². The lowest BCUT2D eigenvalue weighted by Crippen LogP contribution is -2.05. The zero-order valence-electron chi connectivity index (χ0n) is 9.09. The maximum Gasteiger partial charge on any atom is 0.127 e. The van der Waals surface area contributed by atoms with Gasteiger partial charge < -0.3 is 10.1 Å². The summed E-state index contributed by atoms with van der Waals surface area (Å²) in [6.07, 6.45) is 5.25. The number of halogens is 1. The van der Waals surface area contributed by atoms with Crippen LogP contribution in [0.2, 0.25) is 0 Å². The zero-order valence-corrected chi connectivity index (χ0v) is 10.7. The van der Waals surface area contributed by atoms with E-state index in [2.05, 4.69) is 33.4 Å². The van der Waals surface area contributed by atoms with Crippen LogP contribution in [0.15, 0.2) is 28.7 Å². The smallest absolute Gasteiger partial charge is 0.127 e. The van der Waals surface area contributed by atoms with Crippen LogP contribution in [0.4, 0.5) is 0 Å². The van der Waals surface area contributed by atoms with Gasteiger partial charge >= 0.3 is 0 Å². The van der Waals surface area contributed by atoms with Crippen molar-refractivity contribution in [3.05, 3.63) is 34.3 Å². The number of hydrogen-bond acceptors (Lipinski definition) is 2. The molecule has 0 spiro atoms. The Labute approximate surface area is 99.5 Å². The second-order valence-electron chi connectivity index (χ2n) is 3.18. The molecule has 0 aliphatic heterocycles. The normalized spacial score (nSPS) is 10.9. The molecule has 0 saturated heterocycles. The molecule has 0 atom stereocenters. The molecule has 0 aliphatic rings. The first-order valence-corrected chi connectivity index (χ1v) is 5.72. The molecular formula is C12H16BrNO. The van der Waals surface area contributed by atoms with Gasteiger partial charge in [-0.2, -0.15) is 0 Å². The Morgan fingerprint density at radius 2 is 2.27 bits per heavy atom. The van der Waals surface area contributed by atoms with Gasteiger partial charge in [-0.15, -0.1) is 0 Å². The van der Waals surface area contributed by atoms with Crippen LogP contribution in [-0.4, -0.2) is 20.7 Å². The topological polar surface area (TPSA) is 21.3 Å². The monoisotopic (exact) mass is 269 g/mol. The SMILES string of the molecule is CNCCC=Cc1ccc(Br)cc1OC. The first-order valence-electron chi connectivity index (χ1n) is 4.92. The quantitative estimate of drug-likeness (QED) is 0.830. The van der Waals surface area contributed by atoms with Crippen LogP contribution in [0, 0.1) is 0 Å². The molecule has 0 amide bonds. The van der Waals surface area contributed by atoms with E-state index in [1.54, 1.807) is 7.11 Å². The average Bonchev–Trinajstić information content (AvgIpc) is 2.26. The van der Waals surface area contributed by atoms with Gasteiger partial charge in [-0.25, -0.2) is 0 Å². The minimum Gasteiger partial charge on any atom is -0.496 e. The molecule has 2 nitrogen and oxygen atoms in total. The first-order chi connectivity index (χ1) is 7.27. The molecule has 0 radical (unpaired) electrons. The lowest BCUT2D eigenvalue weighted by atomic mass is 10.2. The molecule has 0 unspecified atom stereocenters. The van der Waals surface area contributed by atoms with E-state index >= 15 is 0 Å². The highest BCUT2D eigenvalue weighted by molar-refractivity contribution is 9.10. The predicted octanol–water partition coefficient (Wildman–Crippen LogP) is 3.08. The summed E-state index contributed by atoms with van der Waals surface area (Å²) in [7, 11) is 3.64. The van der Waals surface area contributed by atoms with Gasteiger partial charge in [0.1, 0.15) is 5.75 Å². The first kappa shape index (κ1) is 12.3. The molecule has 1 aromatic rings. The summed E-state index contributed by atoms with van der Waals surface area (Å²) >= 11 is 3.42. The standard InChI is InChI=1S/C12H16BrNO/c1-14-8-4-3-5-10-6-7-11(13)9-12(10)15-2/h3,5-7,9,14H,4,8H2,1-2H3. The fourth-order valence-electron chi connectivity index (χ4n) is 1.26. The molecule has 0 saturated carbocycles. The van der Waals surface area contributed by atoms with Crippen molar-refractivity contribution in [2.24, 2.45) is 0 Å². The zero-order chi connectivity index (χ0) is 11.1. The molecule has 82 valence electrons. The Morgan fingerprint density at radius 3 is 2.93 bits per heavy atom. The minimum atomic E-state index is 0.894. The molecule has 15 heavy (non-hydrogen) atoms. The molecular weight excluding hydrogens is 254 g/mol. The fraction of sp³-hybridized carbons (Fsp3) is 0.333. The van der Waals surface area contributed by atoms with Crippen LogP contribution < -0.4 is 10.1 Å². The molecule has 0 aliphatic carbocycles. The summed E-state index contributed by atoms with van der Waals surface area (Å²) in [5, 5.41) is 3.10. The van der Waals surface area contributed by atoms with Crippen LogP contribution >= 0.6 is 15.9 Å². The van der Waals surface area contributed by atoms with E-state index < -0.39 is 0 Å². The lowest BCUT2D eigenvalue weighted by molar-refractivity contribution is 0.413. The van der Waals surface area contributed by atoms with Gasteiger partial charge in [0.15, 0.2) is 0 Å². The van der Waals surface area contributed by atoms with Crippen molar-refractivity contribution >= 4 is 22.0 Å². The van der Waals surface area contributed by atoms with Gasteiger partial charge in [-0.1, -0.05) is 34.1 Å². The molecule has 1 aromatic carbocycles. The second kappa shape index (κ2) is 6.64. The van der Waals surface area contributed by atoms with Crippen LogP contribution in [0.25, 0.3) is 6.08 Å². The van der Waals surface area contributed by atoms with Gasteiger partial charge in [-0.05, 0) is 32.1 Å². The Morgan fingerprint density at radius 1 is 1.47 bits per heavy atom. The highest BCUT2D eigenvalue weighted by Crippen LogP contribution is 2.24. The third-order valence-corrected chi connectivity index (χ3v) is 2.55. The van der Waals surface area contributed by atoms with Gasteiger partial charge in [-0.3, -0.25) is 0 Å². The van der Waals surface area contributed by atoms with Gasteiger partial charge in [0.05, 0.1) is 7.11 Å². The maximum absolute atomic E-state index is 5.29. The van der Waals surface area contributed by atoms with E-state index in [9.17, 15) is 0 Å². The van der Waals surface area contributed by atoms with Gasteiger partial charge in [0.25, 0.3) is 0 Å². The van der Waals surface area contributed by atoms with E-state index in [-0.39, 0.29) is 0 Å². The summed E-state index contributed by atoms with van der Waals surface area (Å²) in [6, 6.07) is 6.02. The molecule has 0 heterocycles. The fourth-order valence-corrected chi connectivity index (χ4v) is 1.60. The van der Waals surface area contributed by atoms with Gasteiger partial charge in [0.2, 0.25) is 0 Å². The third kappa shape index (κ3) is 4.06. The number of hydrogen-bond donors (Lipinski definition) is 1. The molecule has 1 N–H and O–H groups in total. The maximum atomic E-state index is 5.29. The molecule has 3 heteroatoms. The summed E-state index contributed by atoms with van der Waals surface area (Å²) in [6.45, 7) is 0.995. The number of methoxy groups -OCH3 is 1. The van der Waals surface area contributed by atoms with Crippen LogP contribution in [0.1, 0.15) is 12.0 Å². The van der Waals surface area contributed by atoms with Crippen molar-refractivity contribution in [1.82, 2.24) is 5.32 Å². The number of rotatable bonds is 5. The Kier molecular flexibility index (Phi) is 5.43. The largest absolute Gasteiger partial charge is 0.496 e. The minimum absolute atomic E-state index is 0.894. The molecule has 0 aromatic heterocycles. The third-order valence-electron chi connectivity index (χ3n) is 2.05. The van der Waals surface area contributed by atoms with Crippen molar-refractivity contribution < 1.29 is 4.74 Å². The molecule has 0 fully saturated rings. The number of ether oxygens (including phenoxy) is 1. The number of nitrogens with one attached hydrogen (secondary N) is 1. The summed E-state index contributed by atoms with van der Waals surface area (Å²) < 4.78 is 6.32. The van der Waals surface area contributed by atoms with E-state index in [4.69, 9.17) is 4.74 Å². The second-order valence-corrected chi connectivity index (χ2v) is 4.10. The summed E-state index contributed by atoms with van der Waals surface area (Å²) in [5.74, 6) is 0.894. The van der Waals surface area contributed by atoms with E-state index in [1.165, 1.54) is 0 Å². The van der Waals surface area contributed by atoms with Crippen LogP contribution in [0.5, 0.6) is 5.75 Å². The molecule has 1 rings (SSSR count). The van der Waals surface area contributed by atoms with E-state index in [1.807, 2.05) is 25.2 Å². The summed E-state index contributed by atoms with van der Waals surface area (Å²) in [4.78, 5) is 0. The predicted molar refractivity (Wildman–Crippen MR) is 68.3 cm³/mol. The van der Waals surface area contributed by atoms with Gasteiger partial charge in [0, 0.05) is 10.0 Å². The van der Waals surface area contributed by atoms with E-state index in [0.29, 0.717) is 0 Å². The van der Waals surface area contributed by atoms with Crippen molar-refractivity contribution in [2.45, 2.75) is 6.42 Å². The van der Waals surface area contributed by atoms with Crippen molar-refractivity contribution in [3.63, 3.8) is 0 Å². The van der Waals surface area contributed by atoms with Crippen molar-refractivity contribution in [3.8, 4) is 5.75 Å². The Hall–Kier alpha value is -0.800. The average molecular weight is 270 g/mol.